The van der Waals surface area contributed by atoms with E-state index in [2.05, 4.69) is 38.4 Å². The third kappa shape index (κ3) is 5.88. The monoisotopic (exact) mass is 501 g/mol. The number of fused-ring (bicyclic) bond motifs is 1. The van der Waals surface area contributed by atoms with Gasteiger partial charge in [-0.3, -0.25) is 9.59 Å². The molecule has 3 rings (SSSR count). The van der Waals surface area contributed by atoms with Crippen molar-refractivity contribution >= 4 is 34.0 Å². The van der Waals surface area contributed by atoms with Crippen LogP contribution in [0.3, 0.4) is 0 Å². The van der Waals surface area contributed by atoms with Crippen molar-refractivity contribution in [2.24, 2.45) is 11.0 Å². The first-order valence-corrected chi connectivity index (χ1v) is 10.7. The lowest BCUT2D eigenvalue weighted by atomic mass is 10.0. The van der Waals surface area contributed by atoms with Crippen LogP contribution in [-0.2, 0) is 4.79 Å². The highest BCUT2D eigenvalue weighted by molar-refractivity contribution is 9.10. The summed E-state index contributed by atoms with van der Waals surface area (Å²) < 4.78 is 16.8. The van der Waals surface area contributed by atoms with Crippen molar-refractivity contribution in [1.82, 2.24) is 10.7 Å². The molecule has 168 valence electrons. The van der Waals surface area contributed by atoms with E-state index < -0.39 is 11.9 Å². The number of hydrazone groups is 1. The first kappa shape index (κ1) is 23.3. The van der Waals surface area contributed by atoms with Crippen LogP contribution in [-0.4, -0.2) is 37.5 Å². The fourth-order valence-corrected chi connectivity index (χ4v) is 3.41. The van der Waals surface area contributed by atoms with Gasteiger partial charge in [0.1, 0.15) is 18.4 Å². The van der Waals surface area contributed by atoms with E-state index in [1.165, 1.54) is 6.21 Å². The van der Waals surface area contributed by atoms with Crippen LogP contribution >= 0.6 is 15.9 Å². The summed E-state index contributed by atoms with van der Waals surface area (Å²) in [5.41, 5.74) is 3.62. The number of carbonyl (C=O) groups excluding carboxylic acids is 2. The molecule has 2 amide bonds. The van der Waals surface area contributed by atoms with Crippen molar-refractivity contribution in [1.29, 1.82) is 0 Å². The second-order valence-corrected chi connectivity index (χ2v) is 8.14. The SMILES string of the molecule is C=CCOc1ccc(/C=N/NC(=O)C(NC(=O)c2ccc3c(c2)OCO3)C(C)C)cc1Br. The molecule has 1 atom stereocenters. The molecule has 0 aromatic heterocycles. The summed E-state index contributed by atoms with van der Waals surface area (Å²) in [6, 6.07) is 9.51. The van der Waals surface area contributed by atoms with Crippen LogP contribution in [0.1, 0.15) is 29.8 Å². The van der Waals surface area contributed by atoms with Gasteiger partial charge in [0.25, 0.3) is 11.8 Å². The third-order valence-corrected chi connectivity index (χ3v) is 5.19. The number of benzene rings is 2. The van der Waals surface area contributed by atoms with E-state index in [1.54, 1.807) is 36.4 Å². The Balaban J connectivity index is 1.61. The molecule has 0 saturated carbocycles. The first-order valence-electron chi connectivity index (χ1n) is 9.95. The number of hydrogen-bond acceptors (Lipinski definition) is 6. The van der Waals surface area contributed by atoms with Crippen molar-refractivity contribution < 1.29 is 23.8 Å². The van der Waals surface area contributed by atoms with Crippen LogP contribution in [0.2, 0.25) is 0 Å². The predicted molar refractivity (Wildman–Crippen MR) is 124 cm³/mol. The van der Waals surface area contributed by atoms with Crippen LogP contribution in [0.4, 0.5) is 0 Å². The number of hydrogen-bond donors (Lipinski definition) is 2. The maximum absolute atomic E-state index is 12.7. The Hall–Kier alpha value is -3.33. The van der Waals surface area contributed by atoms with Crippen molar-refractivity contribution in [2.45, 2.75) is 19.9 Å². The second kappa shape index (κ2) is 10.8. The molecule has 0 saturated heterocycles. The van der Waals surface area contributed by atoms with E-state index in [0.29, 0.717) is 29.4 Å². The third-order valence-electron chi connectivity index (χ3n) is 4.57. The minimum atomic E-state index is -0.772. The summed E-state index contributed by atoms with van der Waals surface area (Å²) in [6.45, 7) is 7.82. The van der Waals surface area contributed by atoms with Gasteiger partial charge in [0.05, 0.1) is 10.7 Å². The van der Waals surface area contributed by atoms with E-state index in [4.69, 9.17) is 14.2 Å². The number of ether oxygens (including phenoxy) is 3. The van der Waals surface area contributed by atoms with Crippen molar-refractivity contribution in [3.8, 4) is 17.2 Å². The minimum Gasteiger partial charge on any atom is -0.488 e. The highest BCUT2D eigenvalue weighted by Gasteiger charge is 2.25. The molecular weight excluding hydrogens is 478 g/mol. The lowest BCUT2D eigenvalue weighted by Crippen LogP contribution is -2.48. The molecule has 0 bridgehead atoms. The number of nitrogens with one attached hydrogen (secondary N) is 2. The molecule has 1 heterocycles. The van der Waals surface area contributed by atoms with Crippen LogP contribution in [0.15, 0.2) is 58.6 Å². The second-order valence-electron chi connectivity index (χ2n) is 7.29. The zero-order valence-electron chi connectivity index (χ0n) is 17.8. The summed E-state index contributed by atoms with van der Waals surface area (Å²) in [6.07, 6.45) is 3.17. The highest BCUT2D eigenvalue weighted by Crippen LogP contribution is 2.32. The number of halogens is 1. The highest BCUT2D eigenvalue weighted by atomic mass is 79.9. The summed E-state index contributed by atoms with van der Waals surface area (Å²) >= 11 is 3.44. The number of carbonyl (C=O) groups is 2. The maximum atomic E-state index is 12.7. The lowest BCUT2D eigenvalue weighted by Gasteiger charge is -2.20. The molecule has 9 heteroatoms. The zero-order chi connectivity index (χ0) is 23.1. The molecule has 8 nitrogen and oxygen atoms in total. The smallest absolute Gasteiger partial charge is 0.262 e. The van der Waals surface area contributed by atoms with Crippen LogP contribution in [0.5, 0.6) is 17.2 Å². The van der Waals surface area contributed by atoms with E-state index in [0.717, 1.165) is 10.0 Å². The number of rotatable bonds is 9. The molecule has 0 spiro atoms. The molecular formula is C23H24BrN3O5. The van der Waals surface area contributed by atoms with Gasteiger partial charge in [-0.1, -0.05) is 26.5 Å². The fourth-order valence-electron chi connectivity index (χ4n) is 2.90. The Bertz CT molecular complexity index is 1040. The maximum Gasteiger partial charge on any atom is 0.262 e. The Morgan fingerprint density at radius 3 is 2.72 bits per heavy atom. The summed E-state index contributed by atoms with van der Waals surface area (Å²) in [4.78, 5) is 25.3. The van der Waals surface area contributed by atoms with Crippen LogP contribution in [0.25, 0.3) is 0 Å². The Morgan fingerprint density at radius 1 is 1.22 bits per heavy atom. The average Bonchev–Trinajstić information content (AvgIpc) is 3.24. The predicted octanol–water partition coefficient (Wildman–Crippen LogP) is 3.65. The normalized spacial score (nSPS) is 13.1. The summed E-state index contributed by atoms with van der Waals surface area (Å²) in [7, 11) is 0. The van der Waals surface area contributed by atoms with E-state index >= 15 is 0 Å². The van der Waals surface area contributed by atoms with Crippen molar-refractivity contribution in [2.75, 3.05) is 13.4 Å². The Labute approximate surface area is 194 Å². The lowest BCUT2D eigenvalue weighted by molar-refractivity contribution is -0.123. The number of nitrogens with zero attached hydrogens (tertiary/aromatic N) is 1. The van der Waals surface area contributed by atoms with E-state index in [-0.39, 0.29) is 18.6 Å². The molecule has 32 heavy (non-hydrogen) atoms. The molecule has 0 aliphatic carbocycles. The van der Waals surface area contributed by atoms with Crippen molar-refractivity contribution in [3.05, 3.63) is 64.7 Å². The largest absolute Gasteiger partial charge is 0.488 e. The van der Waals surface area contributed by atoms with Gasteiger partial charge in [-0.05, 0) is 63.8 Å². The molecule has 0 fully saturated rings. The van der Waals surface area contributed by atoms with Gasteiger partial charge >= 0.3 is 0 Å². The number of amides is 2. The van der Waals surface area contributed by atoms with Gasteiger partial charge in [0, 0.05) is 5.56 Å². The summed E-state index contributed by atoms with van der Waals surface area (Å²) in [5.74, 6) is 0.798. The van der Waals surface area contributed by atoms with E-state index in [1.807, 2.05) is 19.9 Å². The van der Waals surface area contributed by atoms with Gasteiger partial charge < -0.3 is 19.5 Å². The molecule has 2 aromatic rings. The minimum absolute atomic E-state index is 0.122. The first-order chi connectivity index (χ1) is 15.4. The topological polar surface area (TPSA) is 98.2 Å². The molecule has 1 aliphatic rings. The van der Waals surface area contributed by atoms with Gasteiger partial charge in [-0.15, -0.1) is 0 Å². The van der Waals surface area contributed by atoms with Crippen LogP contribution in [0, 0.1) is 5.92 Å². The van der Waals surface area contributed by atoms with Crippen molar-refractivity contribution in [3.63, 3.8) is 0 Å². The van der Waals surface area contributed by atoms with Gasteiger partial charge in [-0.25, -0.2) is 5.43 Å². The Morgan fingerprint density at radius 2 is 2.00 bits per heavy atom. The molecule has 1 aliphatic heterocycles. The van der Waals surface area contributed by atoms with Gasteiger partial charge in [0.15, 0.2) is 11.5 Å². The Kier molecular flexibility index (Phi) is 7.88. The quantitative estimate of drug-likeness (QED) is 0.310. The van der Waals surface area contributed by atoms with Gasteiger partial charge in [-0.2, -0.15) is 5.10 Å². The zero-order valence-corrected chi connectivity index (χ0v) is 19.3. The molecule has 2 N–H and O–H groups in total. The molecule has 2 aromatic carbocycles. The van der Waals surface area contributed by atoms with E-state index in [9.17, 15) is 9.59 Å². The standard InChI is InChI=1S/C23H24BrN3O5/c1-4-9-30-18-7-5-15(10-17(18)24)12-25-27-23(29)21(14(2)3)26-22(28)16-6-8-19-20(11-16)32-13-31-19/h4-8,10-12,14,21H,1,9,13H2,2-3H3,(H,26,28)(H,27,29)/b25-12+. The summed E-state index contributed by atoms with van der Waals surface area (Å²) in [5, 5.41) is 6.77. The van der Waals surface area contributed by atoms with Crippen LogP contribution < -0.4 is 25.0 Å². The molecule has 1 unspecified atom stereocenters. The molecule has 0 radical (unpaired) electrons. The van der Waals surface area contributed by atoms with Gasteiger partial charge in [0.2, 0.25) is 6.79 Å². The average molecular weight is 502 g/mol. The fraction of sp³-hybridized carbons (Fsp3) is 0.261.